The summed E-state index contributed by atoms with van der Waals surface area (Å²) in [5.74, 6) is 0.973. The van der Waals surface area contributed by atoms with Gasteiger partial charge in [-0.25, -0.2) is 18.4 Å². The molecule has 1 aromatic carbocycles. The van der Waals surface area contributed by atoms with Crippen molar-refractivity contribution in [3.8, 4) is 6.07 Å². The summed E-state index contributed by atoms with van der Waals surface area (Å²) in [6.45, 7) is 2.79. The van der Waals surface area contributed by atoms with Crippen molar-refractivity contribution >= 4 is 10.0 Å². The Labute approximate surface area is 141 Å². The first-order valence-corrected chi connectivity index (χ1v) is 9.24. The Morgan fingerprint density at radius 2 is 2.00 bits per heavy atom. The van der Waals surface area contributed by atoms with Crippen LogP contribution in [0.5, 0.6) is 0 Å². The minimum atomic E-state index is -3.57. The number of sulfonamides is 1. The molecule has 2 aromatic rings. The van der Waals surface area contributed by atoms with Crippen LogP contribution in [0.15, 0.2) is 41.4 Å². The molecule has 2 heterocycles. The fraction of sp³-hybridized carbons (Fsp3) is 0.353. The van der Waals surface area contributed by atoms with Crippen molar-refractivity contribution < 1.29 is 8.42 Å². The minimum absolute atomic E-state index is 0.173. The van der Waals surface area contributed by atoms with E-state index in [-0.39, 0.29) is 10.8 Å². The molecule has 0 saturated carbocycles. The third-order valence-corrected chi connectivity index (χ3v) is 6.13. The lowest BCUT2D eigenvalue weighted by atomic mass is 9.97. The molecule has 0 N–H and O–H groups in total. The summed E-state index contributed by atoms with van der Waals surface area (Å²) < 4.78 is 27.0. The summed E-state index contributed by atoms with van der Waals surface area (Å²) in [5.41, 5.74) is 1.27. The van der Waals surface area contributed by atoms with Gasteiger partial charge in [0.1, 0.15) is 5.82 Å². The number of nitrogens with zero attached hydrogens (tertiary/aromatic N) is 4. The zero-order valence-corrected chi connectivity index (χ0v) is 14.2. The van der Waals surface area contributed by atoms with Gasteiger partial charge in [0, 0.05) is 30.9 Å². The quantitative estimate of drug-likeness (QED) is 0.853. The van der Waals surface area contributed by atoms with Crippen LogP contribution in [0.2, 0.25) is 0 Å². The van der Waals surface area contributed by atoms with Crippen LogP contribution in [0, 0.1) is 18.3 Å². The van der Waals surface area contributed by atoms with E-state index in [1.165, 1.54) is 16.4 Å². The molecule has 24 heavy (non-hydrogen) atoms. The lowest BCUT2D eigenvalue weighted by Crippen LogP contribution is -2.38. The normalized spacial score (nSPS) is 16.7. The van der Waals surface area contributed by atoms with Crippen LogP contribution in [-0.2, 0) is 10.0 Å². The van der Waals surface area contributed by atoms with Crippen molar-refractivity contribution in [1.82, 2.24) is 14.3 Å². The smallest absolute Gasteiger partial charge is 0.241 e. The van der Waals surface area contributed by atoms with E-state index >= 15 is 0 Å². The Morgan fingerprint density at radius 3 is 2.67 bits per heavy atom. The Bertz CT molecular complexity index is 881. The molecular weight excluding hydrogens is 324 g/mol. The SMILES string of the molecule is Cc1ccnc(C2CCN(S(=O)(=O)c3cccc(C#N)c3)CC2)n1. The standard InChI is InChI=1S/C17H18N4O2S/c1-13-5-8-19-17(20-13)15-6-9-21(10-7-15)24(22,23)16-4-2-3-14(11-16)12-18/h2-5,8,11,15H,6-7,9-10H2,1H3. The molecule has 1 aliphatic heterocycles. The van der Waals surface area contributed by atoms with Crippen LogP contribution in [-0.4, -0.2) is 35.8 Å². The number of nitriles is 1. The molecule has 1 aliphatic rings. The highest BCUT2D eigenvalue weighted by Gasteiger charge is 2.31. The van der Waals surface area contributed by atoms with Crippen LogP contribution >= 0.6 is 0 Å². The summed E-state index contributed by atoms with van der Waals surface area (Å²) in [6.07, 6.45) is 3.13. The average molecular weight is 342 g/mol. The molecule has 6 nitrogen and oxygen atoms in total. The molecule has 124 valence electrons. The molecule has 0 spiro atoms. The lowest BCUT2D eigenvalue weighted by Gasteiger charge is -2.30. The van der Waals surface area contributed by atoms with E-state index in [2.05, 4.69) is 9.97 Å². The highest BCUT2D eigenvalue weighted by Crippen LogP contribution is 2.29. The van der Waals surface area contributed by atoms with Crippen LogP contribution in [0.25, 0.3) is 0 Å². The second-order valence-electron chi connectivity index (χ2n) is 5.87. The number of piperidine rings is 1. The molecule has 0 bridgehead atoms. The zero-order valence-electron chi connectivity index (χ0n) is 13.4. The molecule has 1 saturated heterocycles. The van der Waals surface area contributed by atoms with E-state index in [1.807, 2.05) is 19.1 Å². The van der Waals surface area contributed by atoms with Crippen molar-refractivity contribution in [3.63, 3.8) is 0 Å². The maximum Gasteiger partial charge on any atom is 0.243 e. The summed E-state index contributed by atoms with van der Waals surface area (Å²) >= 11 is 0. The monoisotopic (exact) mass is 342 g/mol. The Kier molecular flexibility index (Phi) is 4.60. The Hall–Kier alpha value is -2.30. The van der Waals surface area contributed by atoms with Crippen LogP contribution < -0.4 is 0 Å². The molecule has 1 aromatic heterocycles. The van der Waals surface area contributed by atoms with Gasteiger partial charge in [0.25, 0.3) is 0 Å². The van der Waals surface area contributed by atoms with E-state index < -0.39 is 10.0 Å². The first-order chi connectivity index (χ1) is 11.5. The summed E-state index contributed by atoms with van der Waals surface area (Å²) in [6, 6.07) is 9.98. The van der Waals surface area contributed by atoms with Crippen molar-refractivity contribution in [3.05, 3.63) is 53.6 Å². The largest absolute Gasteiger partial charge is 0.243 e. The van der Waals surface area contributed by atoms with Gasteiger partial charge in [-0.15, -0.1) is 0 Å². The van der Waals surface area contributed by atoms with Gasteiger partial charge in [-0.3, -0.25) is 0 Å². The van der Waals surface area contributed by atoms with Crippen molar-refractivity contribution in [2.75, 3.05) is 13.1 Å². The molecular formula is C17H18N4O2S. The molecule has 3 rings (SSSR count). The highest BCUT2D eigenvalue weighted by atomic mass is 32.2. The number of hydrogen-bond donors (Lipinski definition) is 0. The predicted molar refractivity (Wildman–Crippen MR) is 88.7 cm³/mol. The van der Waals surface area contributed by atoms with E-state index in [4.69, 9.17) is 5.26 Å². The maximum atomic E-state index is 12.7. The first-order valence-electron chi connectivity index (χ1n) is 7.80. The third kappa shape index (κ3) is 3.30. The molecule has 0 atom stereocenters. The number of hydrogen-bond acceptors (Lipinski definition) is 5. The van der Waals surface area contributed by atoms with Crippen molar-refractivity contribution in [2.24, 2.45) is 0 Å². The highest BCUT2D eigenvalue weighted by molar-refractivity contribution is 7.89. The van der Waals surface area contributed by atoms with Crippen LogP contribution in [0.3, 0.4) is 0 Å². The number of benzene rings is 1. The van der Waals surface area contributed by atoms with Gasteiger partial charge in [0.2, 0.25) is 10.0 Å². The fourth-order valence-electron chi connectivity index (χ4n) is 2.89. The molecule has 0 radical (unpaired) electrons. The molecule has 7 heteroatoms. The van der Waals surface area contributed by atoms with Gasteiger partial charge in [-0.1, -0.05) is 6.07 Å². The second kappa shape index (κ2) is 6.67. The van der Waals surface area contributed by atoms with E-state index in [0.29, 0.717) is 31.5 Å². The third-order valence-electron chi connectivity index (χ3n) is 4.23. The van der Waals surface area contributed by atoms with E-state index in [0.717, 1.165) is 11.5 Å². The molecule has 0 aliphatic carbocycles. The van der Waals surface area contributed by atoms with Gasteiger partial charge in [-0.2, -0.15) is 9.57 Å². The summed E-state index contributed by atoms with van der Waals surface area (Å²) in [5, 5.41) is 8.95. The van der Waals surface area contributed by atoms with Crippen molar-refractivity contribution in [2.45, 2.75) is 30.6 Å². The van der Waals surface area contributed by atoms with E-state index in [1.54, 1.807) is 18.3 Å². The zero-order chi connectivity index (χ0) is 17.2. The predicted octanol–water partition coefficient (Wildman–Crippen LogP) is 2.23. The number of aryl methyl sites for hydroxylation is 1. The summed E-state index contributed by atoms with van der Waals surface area (Å²) in [4.78, 5) is 8.94. The van der Waals surface area contributed by atoms with E-state index in [9.17, 15) is 8.42 Å². The minimum Gasteiger partial charge on any atom is -0.241 e. The fourth-order valence-corrected chi connectivity index (χ4v) is 4.41. The van der Waals surface area contributed by atoms with Crippen LogP contribution in [0.1, 0.15) is 35.8 Å². The summed E-state index contributed by atoms with van der Waals surface area (Å²) in [7, 11) is -3.57. The Balaban J connectivity index is 1.75. The molecule has 0 amide bonds. The van der Waals surface area contributed by atoms with Gasteiger partial charge in [0.05, 0.1) is 16.5 Å². The number of aromatic nitrogens is 2. The van der Waals surface area contributed by atoms with Crippen LogP contribution in [0.4, 0.5) is 0 Å². The van der Waals surface area contributed by atoms with Crippen molar-refractivity contribution in [1.29, 1.82) is 5.26 Å². The maximum absolute atomic E-state index is 12.7. The van der Waals surface area contributed by atoms with Gasteiger partial charge in [-0.05, 0) is 44.0 Å². The Morgan fingerprint density at radius 1 is 1.25 bits per heavy atom. The molecule has 1 fully saturated rings. The average Bonchev–Trinajstić information content (AvgIpc) is 2.62. The second-order valence-corrected chi connectivity index (χ2v) is 7.81. The van der Waals surface area contributed by atoms with Gasteiger partial charge in [0.15, 0.2) is 0 Å². The topological polar surface area (TPSA) is 87.0 Å². The lowest BCUT2D eigenvalue weighted by molar-refractivity contribution is 0.313. The van der Waals surface area contributed by atoms with Gasteiger partial charge >= 0.3 is 0 Å². The first kappa shape index (κ1) is 16.6. The molecule has 0 unspecified atom stereocenters. The number of rotatable bonds is 3. The van der Waals surface area contributed by atoms with Gasteiger partial charge < -0.3 is 0 Å².